The van der Waals surface area contributed by atoms with Crippen molar-refractivity contribution >= 4 is 75.0 Å². The summed E-state index contributed by atoms with van der Waals surface area (Å²) in [6.07, 6.45) is 0. The zero-order valence-electron chi connectivity index (χ0n) is 28.0. The Morgan fingerprint density at radius 3 is 1.71 bits per heavy atom. The molecule has 3 heterocycles. The van der Waals surface area contributed by atoms with Crippen LogP contribution in [0.4, 0.5) is 0 Å². The molecule has 11 aromatic rings. The highest BCUT2D eigenvalue weighted by Crippen LogP contribution is 2.48. The second-order valence-corrected chi connectivity index (χ2v) is 14.4. The minimum atomic E-state index is 0.672. The van der Waals surface area contributed by atoms with E-state index in [2.05, 4.69) is 180 Å². The van der Waals surface area contributed by atoms with Crippen LogP contribution < -0.4 is 0 Å². The van der Waals surface area contributed by atoms with Gasteiger partial charge in [0.2, 0.25) is 5.95 Å². The van der Waals surface area contributed by atoms with E-state index in [1.165, 1.54) is 64.0 Å². The molecule has 0 aliphatic heterocycles. The van der Waals surface area contributed by atoms with Crippen molar-refractivity contribution in [2.45, 2.75) is 0 Å². The van der Waals surface area contributed by atoms with Gasteiger partial charge in [0.25, 0.3) is 0 Å². The molecule has 0 unspecified atom stereocenters. The molecule has 0 N–H and O–H groups in total. The summed E-state index contributed by atoms with van der Waals surface area (Å²) in [5.74, 6) is 0.672. The highest BCUT2D eigenvalue weighted by molar-refractivity contribution is 7.27. The second-order valence-electron chi connectivity index (χ2n) is 13.3. The van der Waals surface area contributed by atoms with Gasteiger partial charge in [-0.05, 0) is 51.2 Å². The van der Waals surface area contributed by atoms with Gasteiger partial charge in [-0.1, -0.05) is 158 Å². The molecule has 0 spiro atoms. The van der Waals surface area contributed by atoms with Crippen molar-refractivity contribution in [3.8, 4) is 39.5 Å². The van der Waals surface area contributed by atoms with E-state index < -0.39 is 0 Å². The maximum Gasteiger partial charge on any atom is 0.235 e. The van der Waals surface area contributed by atoms with Gasteiger partial charge in [0.1, 0.15) is 0 Å². The Kier molecular flexibility index (Phi) is 6.42. The van der Waals surface area contributed by atoms with Crippen molar-refractivity contribution in [2.24, 2.45) is 0 Å². The Hall–Kier alpha value is -6.62. The highest BCUT2D eigenvalue weighted by Gasteiger charge is 2.24. The van der Waals surface area contributed by atoms with Crippen molar-refractivity contribution in [3.63, 3.8) is 0 Å². The van der Waals surface area contributed by atoms with Gasteiger partial charge >= 0.3 is 0 Å². The van der Waals surface area contributed by atoms with Crippen molar-refractivity contribution < 1.29 is 0 Å². The van der Waals surface area contributed by atoms with Gasteiger partial charge in [0.05, 0.1) is 26.9 Å². The summed E-state index contributed by atoms with van der Waals surface area (Å²) in [6, 6.07) is 62.8. The molecule has 0 radical (unpaired) electrons. The maximum absolute atomic E-state index is 5.47. The lowest BCUT2D eigenvalue weighted by atomic mass is 9.98. The fraction of sp³-hybridized carbons (Fsp3) is 0. The monoisotopic (exact) mass is 679 g/mol. The summed E-state index contributed by atoms with van der Waals surface area (Å²) < 4.78 is 4.83. The highest BCUT2D eigenvalue weighted by atomic mass is 32.1. The number of nitrogens with zero attached hydrogens (tertiary/aromatic N) is 3. The summed E-state index contributed by atoms with van der Waals surface area (Å²) in [5, 5.41) is 8.53. The van der Waals surface area contributed by atoms with E-state index in [1.54, 1.807) is 0 Å². The topological polar surface area (TPSA) is 30.7 Å². The number of para-hydroxylation sites is 2. The molecule has 3 nitrogen and oxygen atoms in total. The Labute approximate surface area is 303 Å². The van der Waals surface area contributed by atoms with Crippen LogP contribution in [-0.2, 0) is 0 Å². The molecule has 0 fully saturated rings. The fourth-order valence-corrected chi connectivity index (χ4v) is 9.33. The van der Waals surface area contributed by atoms with Gasteiger partial charge in [-0.2, -0.15) is 0 Å². The third-order valence-electron chi connectivity index (χ3n) is 10.4. The fourth-order valence-electron chi connectivity index (χ4n) is 8.03. The van der Waals surface area contributed by atoms with Gasteiger partial charge in [0, 0.05) is 37.2 Å². The average molecular weight is 680 g/mol. The summed E-state index contributed by atoms with van der Waals surface area (Å²) in [5.41, 5.74) is 9.97. The standard InChI is InChI=1S/C48H29N3S/c1-3-13-30(14-4-1)32-23-25-33(26-24-32)45-37-19-9-11-21-40(37)49-48(50-45)51-41-22-12-10-20-38(41)43-35-17-7-8-18-36(35)44-39-28-27-34(31-15-5-2-6-16-31)29-42(39)52-47(44)46(43)51/h1-29H. The third-order valence-corrected chi connectivity index (χ3v) is 11.6. The molecule has 0 atom stereocenters. The normalized spacial score (nSPS) is 11.8. The van der Waals surface area contributed by atoms with Gasteiger partial charge in [-0.15, -0.1) is 11.3 Å². The molecular formula is C48H29N3S. The molecule has 3 aromatic heterocycles. The quantitative estimate of drug-likeness (QED) is 0.185. The van der Waals surface area contributed by atoms with Gasteiger partial charge in [0.15, 0.2) is 0 Å². The van der Waals surface area contributed by atoms with Crippen LogP contribution in [0.25, 0.3) is 103 Å². The van der Waals surface area contributed by atoms with Crippen LogP contribution >= 0.6 is 11.3 Å². The van der Waals surface area contributed by atoms with Crippen LogP contribution in [0.1, 0.15) is 0 Å². The zero-order chi connectivity index (χ0) is 34.2. The SMILES string of the molecule is c1ccc(-c2ccc(-c3nc(-n4c5ccccc5c5c6ccccc6c6c7ccc(-c8ccccc8)cc7sc6c54)nc4ccccc34)cc2)cc1. The van der Waals surface area contributed by atoms with Crippen molar-refractivity contribution in [1.29, 1.82) is 0 Å². The van der Waals surface area contributed by atoms with Gasteiger partial charge < -0.3 is 0 Å². The van der Waals surface area contributed by atoms with Gasteiger partial charge in [-0.25, -0.2) is 9.97 Å². The molecule has 0 bridgehead atoms. The van der Waals surface area contributed by atoms with Crippen molar-refractivity contribution in [2.75, 3.05) is 0 Å². The molecule has 0 aliphatic rings. The number of aromatic nitrogens is 3. The molecule has 0 amide bonds. The molecule has 242 valence electrons. The van der Waals surface area contributed by atoms with E-state index in [0.717, 1.165) is 33.2 Å². The lowest BCUT2D eigenvalue weighted by Crippen LogP contribution is -2.03. The second kappa shape index (κ2) is 11.5. The Morgan fingerprint density at radius 1 is 0.404 bits per heavy atom. The minimum Gasteiger partial charge on any atom is -0.276 e. The molecule has 0 saturated heterocycles. The van der Waals surface area contributed by atoms with Crippen LogP contribution in [0.2, 0.25) is 0 Å². The summed E-state index contributed by atoms with van der Waals surface area (Å²) >= 11 is 1.87. The molecule has 4 heteroatoms. The first-order valence-electron chi connectivity index (χ1n) is 17.6. The molecule has 8 aromatic carbocycles. The van der Waals surface area contributed by atoms with Crippen LogP contribution in [0, 0.1) is 0 Å². The van der Waals surface area contributed by atoms with E-state index in [9.17, 15) is 0 Å². The van der Waals surface area contributed by atoms with E-state index in [0.29, 0.717) is 5.95 Å². The first-order chi connectivity index (χ1) is 25.8. The predicted octanol–water partition coefficient (Wildman–Crippen LogP) is 13.2. The number of hydrogen-bond donors (Lipinski definition) is 0. The third kappa shape index (κ3) is 4.38. The zero-order valence-corrected chi connectivity index (χ0v) is 28.8. The van der Waals surface area contributed by atoms with Crippen LogP contribution in [-0.4, -0.2) is 14.5 Å². The maximum atomic E-state index is 5.47. The van der Waals surface area contributed by atoms with E-state index in [4.69, 9.17) is 9.97 Å². The molecule has 0 saturated carbocycles. The Bertz CT molecular complexity index is 3160. The lowest BCUT2D eigenvalue weighted by Gasteiger charge is -2.13. The Morgan fingerprint density at radius 2 is 0.962 bits per heavy atom. The van der Waals surface area contributed by atoms with E-state index in [-0.39, 0.29) is 0 Å². The lowest BCUT2D eigenvalue weighted by molar-refractivity contribution is 1.02. The average Bonchev–Trinajstić information content (AvgIpc) is 3.78. The summed E-state index contributed by atoms with van der Waals surface area (Å²) in [4.78, 5) is 10.8. The van der Waals surface area contributed by atoms with Crippen LogP contribution in [0.15, 0.2) is 176 Å². The number of benzene rings is 8. The number of hydrogen-bond acceptors (Lipinski definition) is 3. The predicted molar refractivity (Wildman–Crippen MR) is 221 cm³/mol. The van der Waals surface area contributed by atoms with Crippen molar-refractivity contribution in [3.05, 3.63) is 176 Å². The first kappa shape index (κ1) is 29.1. The number of fused-ring (bicyclic) bond motifs is 11. The molecule has 11 rings (SSSR count). The molecule has 0 aliphatic carbocycles. The summed E-state index contributed by atoms with van der Waals surface area (Å²) in [7, 11) is 0. The van der Waals surface area contributed by atoms with Crippen LogP contribution in [0.3, 0.4) is 0 Å². The number of rotatable bonds is 4. The summed E-state index contributed by atoms with van der Waals surface area (Å²) in [6.45, 7) is 0. The Balaban J connectivity index is 1.23. The van der Waals surface area contributed by atoms with Crippen LogP contribution in [0.5, 0.6) is 0 Å². The first-order valence-corrected chi connectivity index (χ1v) is 18.4. The van der Waals surface area contributed by atoms with Gasteiger partial charge in [-0.3, -0.25) is 4.57 Å². The molecule has 52 heavy (non-hydrogen) atoms. The molecular weight excluding hydrogens is 651 g/mol. The number of thiophene rings is 1. The van der Waals surface area contributed by atoms with E-state index >= 15 is 0 Å². The largest absolute Gasteiger partial charge is 0.276 e. The van der Waals surface area contributed by atoms with E-state index in [1.807, 2.05) is 11.3 Å². The van der Waals surface area contributed by atoms with Crippen molar-refractivity contribution in [1.82, 2.24) is 14.5 Å². The smallest absolute Gasteiger partial charge is 0.235 e. The minimum absolute atomic E-state index is 0.672.